The number of ether oxygens (including phenoxy) is 1. The minimum atomic E-state index is -0.531. The topological polar surface area (TPSA) is 84.5 Å². The molecule has 0 radical (unpaired) electrons. The summed E-state index contributed by atoms with van der Waals surface area (Å²) >= 11 is 0. The van der Waals surface area contributed by atoms with Crippen molar-refractivity contribution in [1.82, 2.24) is 10.9 Å². The van der Waals surface area contributed by atoms with Crippen LogP contribution in [0, 0.1) is 17.8 Å². The predicted octanol–water partition coefficient (Wildman–Crippen LogP) is 0.523. The average molecular weight is 268 g/mol. The van der Waals surface area contributed by atoms with Gasteiger partial charge in [0.15, 0.2) is 6.61 Å². The monoisotopic (exact) mass is 268 g/mol. The summed E-state index contributed by atoms with van der Waals surface area (Å²) in [6.07, 6.45) is 5.31. The van der Waals surface area contributed by atoms with Crippen LogP contribution in [0.25, 0.3) is 0 Å². The largest absolute Gasteiger partial charge is 0.455 e. The molecule has 0 spiro atoms. The molecule has 0 saturated heterocycles. The van der Waals surface area contributed by atoms with E-state index in [0.29, 0.717) is 18.3 Å². The van der Waals surface area contributed by atoms with Gasteiger partial charge in [0.2, 0.25) is 5.91 Å². The van der Waals surface area contributed by atoms with E-state index in [9.17, 15) is 14.4 Å². The van der Waals surface area contributed by atoms with Crippen molar-refractivity contribution in [1.29, 1.82) is 0 Å². The fourth-order valence-corrected chi connectivity index (χ4v) is 3.24. The van der Waals surface area contributed by atoms with E-state index in [1.807, 2.05) is 0 Å². The molecule has 106 valence electrons. The molecule has 3 atom stereocenters. The van der Waals surface area contributed by atoms with E-state index in [-0.39, 0.29) is 18.5 Å². The van der Waals surface area contributed by atoms with Gasteiger partial charge >= 0.3 is 5.97 Å². The fraction of sp³-hybridized carbons (Fsp3) is 0.769. The number of amides is 2. The van der Waals surface area contributed by atoms with Gasteiger partial charge in [-0.15, -0.1) is 0 Å². The summed E-state index contributed by atoms with van der Waals surface area (Å²) in [5, 5.41) is 0. The van der Waals surface area contributed by atoms with Gasteiger partial charge in [-0.2, -0.15) is 0 Å². The first-order valence-electron chi connectivity index (χ1n) is 6.75. The summed E-state index contributed by atoms with van der Waals surface area (Å²) in [6, 6.07) is 0. The quantitative estimate of drug-likeness (QED) is 0.575. The number of hydrogen-bond donors (Lipinski definition) is 2. The highest BCUT2D eigenvalue weighted by atomic mass is 16.5. The lowest BCUT2D eigenvalue weighted by molar-refractivity contribution is -0.150. The molecule has 0 aromatic rings. The van der Waals surface area contributed by atoms with E-state index in [2.05, 4.69) is 10.9 Å². The molecule has 0 aliphatic heterocycles. The molecule has 6 nitrogen and oxygen atoms in total. The van der Waals surface area contributed by atoms with Crippen molar-refractivity contribution in [3.05, 3.63) is 0 Å². The van der Waals surface area contributed by atoms with Crippen LogP contribution in [0.2, 0.25) is 0 Å². The summed E-state index contributed by atoms with van der Waals surface area (Å²) in [5.74, 6) is 0.676. The van der Waals surface area contributed by atoms with E-state index < -0.39 is 5.91 Å². The van der Waals surface area contributed by atoms with Gasteiger partial charge in [0.25, 0.3) is 5.91 Å². The van der Waals surface area contributed by atoms with Gasteiger partial charge < -0.3 is 4.74 Å². The van der Waals surface area contributed by atoms with Gasteiger partial charge in [-0.05, 0) is 37.0 Å². The number of carbonyl (C=O) groups excluding carboxylic acids is 3. The molecule has 0 unspecified atom stereocenters. The molecule has 0 aromatic carbocycles. The zero-order valence-electron chi connectivity index (χ0n) is 11.1. The standard InChI is InChI=1S/C13H20N2O4/c1-8(16)14-15-12(17)7-19-13(18)6-11-5-9-2-3-10(11)4-9/h9-11H,2-7H2,1H3,(H,14,16)(H,15,17)/t9-,10+,11+/m0/s1. The van der Waals surface area contributed by atoms with Gasteiger partial charge in [0.1, 0.15) is 0 Å². The Labute approximate surface area is 112 Å². The Morgan fingerprint density at radius 3 is 2.53 bits per heavy atom. The Morgan fingerprint density at radius 1 is 1.16 bits per heavy atom. The van der Waals surface area contributed by atoms with Gasteiger partial charge in [0.05, 0.1) is 0 Å². The molecule has 2 N–H and O–H groups in total. The zero-order chi connectivity index (χ0) is 13.8. The second-order valence-corrected chi connectivity index (χ2v) is 5.53. The number of fused-ring (bicyclic) bond motifs is 2. The number of nitrogens with one attached hydrogen (secondary N) is 2. The van der Waals surface area contributed by atoms with Crippen molar-refractivity contribution in [2.24, 2.45) is 17.8 Å². The lowest BCUT2D eigenvalue weighted by Gasteiger charge is -2.20. The van der Waals surface area contributed by atoms with Crippen molar-refractivity contribution in [3.8, 4) is 0 Å². The molecule has 2 amide bonds. The maximum Gasteiger partial charge on any atom is 0.306 e. The van der Waals surface area contributed by atoms with E-state index >= 15 is 0 Å². The normalized spacial score (nSPS) is 27.9. The van der Waals surface area contributed by atoms with E-state index in [4.69, 9.17) is 4.74 Å². The Balaban J connectivity index is 1.62. The van der Waals surface area contributed by atoms with E-state index in [1.54, 1.807) is 0 Å². The number of hydrogen-bond acceptors (Lipinski definition) is 4. The van der Waals surface area contributed by atoms with Crippen molar-refractivity contribution in [2.75, 3.05) is 6.61 Å². The third-order valence-corrected chi connectivity index (χ3v) is 4.06. The van der Waals surface area contributed by atoms with Gasteiger partial charge in [-0.1, -0.05) is 6.42 Å². The van der Waals surface area contributed by atoms with Crippen LogP contribution in [0.15, 0.2) is 0 Å². The second-order valence-electron chi connectivity index (χ2n) is 5.53. The third-order valence-electron chi connectivity index (χ3n) is 4.06. The van der Waals surface area contributed by atoms with Crippen molar-refractivity contribution < 1.29 is 19.1 Å². The first-order valence-corrected chi connectivity index (χ1v) is 6.75. The van der Waals surface area contributed by atoms with Crippen LogP contribution in [0.4, 0.5) is 0 Å². The van der Waals surface area contributed by atoms with Crippen molar-refractivity contribution in [2.45, 2.75) is 39.0 Å². The lowest BCUT2D eigenvalue weighted by atomic mass is 9.86. The minimum absolute atomic E-state index is 0.324. The molecule has 2 rings (SSSR count). The summed E-state index contributed by atoms with van der Waals surface area (Å²) in [5.41, 5.74) is 4.28. The molecular weight excluding hydrogens is 248 g/mol. The number of rotatable bonds is 4. The Morgan fingerprint density at radius 2 is 1.95 bits per heavy atom. The second kappa shape index (κ2) is 6.04. The highest BCUT2D eigenvalue weighted by Gasteiger charge is 2.40. The van der Waals surface area contributed by atoms with Crippen LogP contribution < -0.4 is 10.9 Å². The van der Waals surface area contributed by atoms with E-state index in [0.717, 1.165) is 12.3 Å². The first-order chi connectivity index (χ1) is 9.04. The predicted molar refractivity (Wildman–Crippen MR) is 66.5 cm³/mol. The SMILES string of the molecule is CC(=O)NNC(=O)COC(=O)C[C@H]1C[C@H]2CC[C@@H]1C2. The van der Waals surface area contributed by atoms with Crippen LogP contribution in [-0.2, 0) is 19.1 Å². The van der Waals surface area contributed by atoms with Gasteiger partial charge in [-0.3, -0.25) is 25.2 Å². The van der Waals surface area contributed by atoms with Gasteiger partial charge in [0, 0.05) is 13.3 Å². The summed E-state index contributed by atoms with van der Waals surface area (Å²) in [6.45, 7) is 0.932. The molecule has 0 aromatic heterocycles. The Bertz CT molecular complexity index is 383. The molecule has 19 heavy (non-hydrogen) atoms. The summed E-state index contributed by atoms with van der Waals surface area (Å²) in [4.78, 5) is 33.4. The highest BCUT2D eigenvalue weighted by molar-refractivity contribution is 5.83. The van der Waals surface area contributed by atoms with Crippen LogP contribution in [-0.4, -0.2) is 24.4 Å². The Kier molecular flexibility index (Phi) is 4.39. The fourth-order valence-electron chi connectivity index (χ4n) is 3.24. The molecule has 2 fully saturated rings. The van der Waals surface area contributed by atoms with Crippen molar-refractivity contribution >= 4 is 17.8 Å². The third kappa shape index (κ3) is 3.94. The lowest BCUT2D eigenvalue weighted by Crippen LogP contribution is -2.42. The molecule has 2 aliphatic rings. The average Bonchev–Trinajstić information content (AvgIpc) is 2.96. The molecule has 6 heteroatoms. The van der Waals surface area contributed by atoms with E-state index in [1.165, 1.54) is 26.2 Å². The van der Waals surface area contributed by atoms with Crippen LogP contribution in [0.1, 0.15) is 39.0 Å². The molecular formula is C13H20N2O4. The number of esters is 1. The highest BCUT2D eigenvalue weighted by Crippen LogP contribution is 2.49. The maximum atomic E-state index is 11.6. The molecule has 2 bridgehead atoms. The van der Waals surface area contributed by atoms with Crippen LogP contribution in [0.5, 0.6) is 0 Å². The summed E-state index contributed by atoms with van der Waals surface area (Å²) in [7, 11) is 0. The van der Waals surface area contributed by atoms with Gasteiger partial charge in [-0.25, -0.2) is 0 Å². The molecule has 0 heterocycles. The van der Waals surface area contributed by atoms with Crippen LogP contribution in [0.3, 0.4) is 0 Å². The zero-order valence-corrected chi connectivity index (χ0v) is 11.1. The van der Waals surface area contributed by atoms with Crippen molar-refractivity contribution in [3.63, 3.8) is 0 Å². The molecule has 2 aliphatic carbocycles. The Hall–Kier alpha value is -1.59. The minimum Gasteiger partial charge on any atom is -0.455 e. The summed E-state index contributed by atoms with van der Waals surface area (Å²) < 4.78 is 4.90. The maximum absolute atomic E-state index is 11.6. The molecule has 2 saturated carbocycles. The van der Waals surface area contributed by atoms with Crippen LogP contribution >= 0.6 is 0 Å². The smallest absolute Gasteiger partial charge is 0.306 e. The number of hydrazine groups is 1. The first kappa shape index (κ1) is 13.8. The number of carbonyl (C=O) groups is 3.